The van der Waals surface area contributed by atoms with E-state index < -0.39 is 0 Å². The van der Waals surface area contributed by atoms with E-state index in [0.29, 0.717) is 30.1 Å². The molecule has 2 amide bonds. The summed E-state index contributed by atoms with van der Waals surface area (Å²) in [5, 5.41) is 5.54. The topological polar surface area (TPSA) is 68.8 Å². The molecule has 0 spiro atoms. The van der Waals surface area contributed by atoms with Gasteiger partial charge in [0.1, 0.15) is 0 Å². The van der Waals surface area contributed by atoms with E-state index in [0.717, 1.165) is 50.5 Å². The first-order valence-corrected chi connectivity index (χ1v) is 12.8. The molecular formula is C25H35N5O2S. The quantitative estimate of drug-likeness (QED) is 0.704. The summed E-state index contributed by atoms with van der Waals surface area (Å²) >= 11 is 1.45. The minimum absolute atomic E-state index is 0.0411. The number of piperidine rings is 1. The minimum atomic E-state index is -0.0411. The van der Waals surface area contributed by atoms with Gasteiger partial charge in [0.25, 0.3) is 0 Å². The first-order chi connectivity index (χ1) is 15.9. The molecule has 0 saturated carbocycles. The number of hydrogen-bond acceptors (Lipinski definition) is 6. The van der Waals surface area contributed by atoms with Crippen LogP contribution in [-0.2, 0) is 9.59 Å². The zero-order valence-electron chi connectivity index (χ0n) is 19.9. The summed E-state index contributed by atoms with van der Waals surface area (Å²) in [7, 11) is 0. The monoisotopic (exact) mass is 469 g/mol. The van der Waals surface area contributed by atoms with E-state index in [1.807, 2.05) is 22.4 Å². The van der Waals surface area contributed by atoms with Crippen molar-refractivity contribution in [3.8, 4) is 11.3 Å². The molecule has 0 radical (unpaired) electrons. The number of hydrogen-bond donors (Lipinski definition) is 1. The van der Waals surface area contributed by atoms with E-state index in [-0.39, 0.29) is 11.8 Å². The molecule has 0 aliphatic carbocycles. The molecule has 178 valence electrons. The van der Waals surface area contributed by atoms with Crippen molar-refractivity contribution in [2.24, 2.45) is 11.8 Å². The average Bonchev–Trinajstić information content (AvgIpc) is 3.23. The summed E-state index contributed by atoms with van der Waals surface area (Å²) in [5.74, 6) is 1.37. The van der Waals surface area contributed by atoms with Crippen LogP contribution in [0.5, 0.6) is 0 Å². The zero-order chi connectivity index (χ0) is 23.4. The van der Waals surface area contributed by atoms with E-state index in [1.54, 1.807) is 0 Å². The molecule has 0 bridgehead atoms. The van der Waals surface area contributed by atoms with E-state index in [9.17, 15) is 9.59 Å². The highest BCUT2D eigenvalue weighted by Crippen LogP contribution is 2.25. The maximum Gasteiger partial charge on any atom is 0.240 e. The van der Waals surface area contributed by atoms with Crippen LogP contribution in [0.1, 0.15) is 25.8 Å². The number of thiazole rings is 1. The molecule has 1 aromatic carbocycles. The summed E-state index contributed by atoms with van der Waals surface area (Å²) in [6, 6.07) is 8.22. The maximum atomic E-state index is 12.7. The molecule has 2 aliphatic rings. The Morgan fingerprint density at radius 3 is 2.24 bits per heavy atom. The van der Waals surface area contributed by atoms with Crippen molar-refractivity contribution in [3.05, 3.63) is 35.2 Å². The number of anilines is 1. The van der Waals surface area contributed by atoms with Gasteiger partial charge in [0.05, 0.1) is 18.8 Å². The number of carbonyl (C=O) groups excluding carboxylic acids is 2. The van der Waals surface area contributed by atoms with Crippen molar-refractivity contribution in [2.45, 2.75) is 27.2 Å². The third-order valence-corrected chi connectivity index (χ3v) is 7.27. The number of piperazine rings is 1. The standard InChI is InChI=1S/C25H35N5O2S/c1-18-4-6-21(7-5-18)22-17-33-25(26-22)27-23(31)15-28-8-10-29(11-9-28)16-24(32)30-13-19(2)12-20(3)14-30/h4-7,17,19-20H,8-16H2,1-3H3,(H,26,27,31). The van der Waals surface area contributed by atoms with Gasteiger partial charge in [0.2, 0.25) is 11.8 Å². The number of rotatable bonds is 6. The Kier molecular flexibility index (Phi) is 7.78. The number of amides is 2. The molecular weight excluding hydrogens is 434 g/mol. The van der Waals surface area contributed by atoms with Crippen molar-refractivity contribution in [2.75, 3.05) is 57.7 Å². The first kappa shape index (κ1) is 23.9. The lowest BCUT2D eigenvalue weighted by molar-refractivity contribution is -0.135. The van der Waals surface area contributed by atoms with Gasteiger partial charge in [-0.15, -0.1) is 11.3 Å². The Labute approximate surface area is 200 Å². The molecule has 2 unspecified atom stereocenters. The molecule has 3 heterocycles. The molecule has 2 fully saturated rings. The number of benzene rings is 1. The highest BCUT2D eigenvalue weighted by Gasteiger charge is 2.27. The van der Waals surface area contributed by atoms with Gasteiger partial charge in [-0.25, -0.2) is 4.98 Å². The molecule has 2 atom stereocenters. The van der Waals surface area contributed by atoms with Gasteiger partial charge in [-0.2, -0.15) is 0 Å². The molecule has 4 rings (SSSR count). The number of aromatic nitrogens is 1. The molecule has 1 N–H and O–H groups in total. The van der Waals surface area contributed by atoms with Crippen molar-refractivity contribution < 1.29 is 9.59 Å². The van der Waals surface area contributed by atoms with Crippen molar-refractivity contribution in [1.29, 1.82) is 0 Å². The first-order valence-electron chi connectivity index (χ1n) is 11.9. The lowest BCUT2D eigenvalue weighted by atomic mass is 9.92. The maximum absolute atomic E-state index is 12.7. The smallest absolute Gasteiger partial charge is 0.240 e. The van der Waals surface area contributed by atoms with Gasteiger partial charge >= 0.3 is 0 Å². The normalized spacial score (nSPS) is 22.3. The number of aryl methyl sites for hydroxylation is 1. The van der Waals surface area contributed by atoms with Crippen molar-refractivity contribution >= 4 is 28.3 Å². The zero-order valence-corrected chi connectivity index (χ0v) is 20.7. The predicted octanol–water partition coefficient (Wildman–Crippen LogP) is 3.18. The molecule has 2 saturated heterocycles. The number of nitrogens with one attached hydrogen (secondary N) is 1. The van der Waals surface area contributed by atoms with Crippen LogP contribution in [-0.4, -0.2) is 83.9 Å². The summed E-state index contributed by atoms with van der Waals surface area (Å²) in [5.41, 5.74) is 3.14. The highest BCUT2D eigenvalue weighted by molar-refractivity contribution is 7.14. The van der Waals surface area contributed by atoms with Gasteiger partial charge in [-0.1, -0.05) is 43.7 Å². The Bertz CT molecular complexity index is 942. The number of nitrogens with zero attached hydrogens (tertiary/aromatic N) is 4. The van der Waals surface area contributed by atoms with Crippen molar-refractivity contribution in [1.82, 2.24) is 19.7 Å². The van der Waals surface area contributed by atoms with E-state index in [2.05, 4.69) is 53.0 Å². The van der Waals surface area contributed by atoms with Gasteiger partial charge in [-0.05, 0) is 25.2 Å². The van der Waals surface area contributed by atoms with E-state index >= 15 is 0 Å². The Morgan fingerprint density at radius 1 is 1.00 bits per heavy atom. The Morgan fingerprint density at radius 2 is 1.61 bits per heavy atom. The molecule has 33 heavy (non-hydrogen) atoms. The van der Waals surface area contributed by atoms with Crippen molar-refractivity contribution in [3.63, 3.8) is 0 Å². The molecule has 1 aromatic heterocycles. The van der Waals surface area contributed by atoms with E-state index in [4.69, 9.17) is 0 Å². The Hall–Kier alpha value is -2.29. The second-order valence-electron chi connectivity index (χ2n) is 9.75. The molecule has 2 aromatic rings. The summed E-state index contributed by atoms with van der Waals surface area (Å²) < 4.78 is 0. The Balaban J connectivity index is 1.20. The van der Waals surface area contributed by atoms with Crippen LogP contribution >= 0.6 is 11.3 Å². The second kappa shape index (κ2) is 10.8. The number of likely N-dealkylation sites (tertiary alicyclic amines) is 1. The SMILES string of the molecule is Cc1ccc(-c2csc(NC(=O)CN3CCN(CC(=O)N4CC(C)CC(C)C4)CC3)n2)cc1. The predicted molar refractivity (Wildman–Crippen MR) is 133 cm³/mol. The van der Waals surface area contributed by atoms with E-state index in [1.165, 1.54) is 23.3 Å². The average molecular weight is 470 g/mol. The third kappa shape index (κ3) is 6.62. The molecule has 7 nitrogen and oxygen atoms in total. The summed E-state index contributed by atoms with van der Waals surface area (Å²) in [4.78, 5) is 36.2. The van der Waals surface area contributed by atoms with Crippen LogP contribution in [0.4, 0.5) is 5.13 Å². The van der Waals surface area contributed by atoms with Gasteiger partial charge in [0.15, 0.2) is 5.13 Å². The largest absolute Gasteiger partial charge is 0.341 e. The fourth-order valence-corrected chi connectivity index (χ4v) is 5.55. The van der Waals surface area contributed by atoms with Gasteiger partial charge in [0, 0.05) is 50.2 Å². The second-order valence-corrected chi connectivity index (χ2v) is 10.6. The fraction of sp³-hybridized carbons (Fsp3) is 0.560. The summed E-state index contributed by atoms with van der Waals surface area (Å²) in [6.07, 6.45) is 1.21. The highest BCUT2D eigenvalue weighted by atomic mass is 32.1. The lowest BCUT2D eigenvalue weighted by Gasteiger charge is -2.38. The molecule has 2 aliphatic heterocycles. The van der Waals surface area contributed by atoms with Gasteiger partial charge in [-0.3, -0.25) is 19.4 Å². The van der Waals surface area contributed by atoms with Gasteiger partial charge < -0.3 is 10.2 Å². The van der Waals surface area contributed by atoms with Crippen LogP contribution in [0.2, 0.25) is 0 Å². The fourth-order valence-electron chi connectivity index (χ4n) is 4.81. The summed E-state index contributed by atoms with van der Waals surface area (Å²) in [6.45, 7) is 12.3. The van der Waals surface area contributed by atoms with Crippen LogP contribution in [0.15, 0.2) is 29.6 Å². The lowest BCUT2D eigenvalue weighted by Crippen LogP contribution is -2.52. The van der Waals surface area contributed by atoms with Crippen LogP contribution in [0.25, 0.3) is 11.3 Å². The number of carbonyl (C=O) groups is 2. The van der Waals surface area contributed by atoms with Crippen LogP contribution < -0.4 is 5.32 Å². The minimum Gasteiger partial charge on any atom is -0.341 e. The van der Waals surface area contributed by atoms with Crippen LogP contribution in [0, 0.1) is 18.8 Å². The van der Waals surface area contributed by atoms with Crippen LogP contribution in [0.3, 0.4) is 0 Å². The third-order valence-electron chi connectivity index (χ3n) is 6.51. The molecule has 8 heteroatoms.